The third kappa shape index (κ3) is 1.67. The van der Waals surface area contributed by atoms with E-state index >= 15 is 0 Å². The number of aliphatic hydroxyl groups excluding tert-OH is 3. The van der Waals surface area contributed by atoms with Crippen LogP contribution < -0.4 is 0 Å². The SMILES string of the molecule is CC1=NN(C)CC2CC(O)C3[C@H](O)[C@H](O)CN3C12. The van der Waals surface area contributed by atoms with Gasteiger partial charge in [0.05, 0.1) is 36.1 Å². The fourth-order valence-electron chi connectivity index (χ4n) is 3.93. The summed E-state index contributed by atoms with van der Waals surface area (Å²) in [5.41, 5.74) is 1.01. The molecule has 0 saturated carbocycles. The van der Waals surface area contributed by atoms with Crippen LogP contribution in [0, 0.1) is 5.92 Å². The molecule has 0 aromatic carbocycles. The highest BCUT2D eigenvalue weighted by Crippen LogP contribution is 2.37. The number of aliphatic hydroxyl groups is 3. The van der Waals surface area contributed by atoms with Gasteiger partial charge in [0.25, 0.3) is 0 Å². The van der Waals surface area contributed by atoms with E-state index in [0.717, 1.165) is 12.3 Å². The van der Waals surface area contributed by atoms with Crippen LogP contribution in [0.15, 0.2) is 5.10 Å². The van der Waals surface area contributed by atoms with Gasteiger partial charge in [0, 0.05) is 26.1 Å². The lowest BCUT2D eigenvalue weighted by molar-refractivity contribution is -0.0603. The van der Waals surface area contributed by atoms with Crippen LogP contribution >= 0.6 is 0 Å². The van der Waals surface area contributed by atoms with Gasteiger partial charge >= 0.3 is 0 Å². The molecule has 2 fully saturated rings. The zero-order valence-electron chi connectivity index (χ0n) is 10.8. The quantitative estimate of drug-likeness (QED) is 0.489. The Morgan fingerprint density at radius 2 is 1.89 bits per heavy atom. The van der Waals surface area contributed by atoms with E-state index in [0.29, 0.717) is 18.9 Å². The van der Waals surface area contributed by atoms with Crippen LogP contribution in [-0.4, -0.2) is 81.5 Å². The van der Waals surface area contributed by atoms with Crippen LogP contribution in [-0.2, 0) is 0 Å². The third-order valence-electron chi connectivity index (χ3n) is 4.52. The summed E-state index contributed by atoms with van der Waals surface area (Å²) in [6, 6.07) is -0.212. The van der Waals surface area contributed by atoms with Gasteiger partial charge in [-0.15, -0.1) is 0 Å². The van der Waals surface area contributed by atoms with Crippen molar-refractivity contribution in [3.8, 4) is 0 Å². The largest absolute Gasteiger partial charge is 0.391 e. The minimum absolute atomic E-state index is 0.140. The van der Waals surface area contributed by atoms with E-state index in [4.69, 9.17) is 0 Å². The second kappa shape index (κ2) is 4.16. The molecular weight excluding hydrogens is 234 g/mol. The molecule has 6 nitrogen and oxygen atoms in total. The van der Waals surface area contributed by atoms with Crippen molar-refractivity contribution in [2.45, 2.75) is 43.7 Å². The Balaban J connectivity index is 1.93. The highest BCUT2D eigenvalue weighted by Gasteiger charge is 2.53. The maximum atomic E-state index is 10.2. The lowest BCUT2D eigenvalue weighted by atomic mass is 9.80. The number of rotatable bonds is 0. The molecule has 0 amide bonds. The summed E-state index contributed by atoms with van der Waals surface area (Å²) in [6.07, 6.45) is -1.53. The van der Waals surface area contributed by atoms with Crippen LogP contribution in [0.5, 0.6) is 0 Å². The number of fused-ring (bicyclic) bond motifs is 3. The highest BCUT2D eigenvalue weighted by molar-refractivity contribution is 5.88. The number of hydrazone groups is 1. The predicted molar refractivity (Wildman–Crippen MR) is 66.1 cm³/mol. The first kappa shape index (κ1) is 12.3. The molecule has 3 N–H and O–H groups in total. The van der Waals surface area contributed by atoms with E-state index in [1.807, 2.05) is 23.9 Å². The molecule has 18 heavy (non-hydrogen) atoms. The van der Waals surface area contributed by atoms with Gasteiger partial charge in [0.2, 0.25) is 0 Å². The van der Waals surface area contributed by atoms with Gasteiger partial charge in [-0.3, -0.25) is 9.91 Å². The van der Waals surface area contributed by atoms with Gasteiger partial charge in [-0.2, -0.15) is 5.10 Å². The van der Waals surface area contributed by atoms with Crippen molar-refractivity contribution in [1.82, 2.24) is 9.91 Å². The summed E-state index contributed by atoms with van der Waals surface area (Å²) in [7, 11) is 1.94. The molecule has 0 spiro atoms. The molecule has 0 radical (unpaired) electrons. The van der Waals surface area contributed by atoms with Gasteiger partial charge in [-0.1, -0.05) is 0 Å². The van der Waals surface area contributed by atoms with E-state index < -0.39 is 18.3 Å². The highest BCUT2D eigenvalue weighted by atomic mass is 16.3. The summed E-state index contributed by atoms with van der Waals surface area (Å²) in [5.74, 6) is 0.316. The third-order valence-corrected chi connectivity index (χ3v) is 4.52. The maximum Gasteiger partial charge on any atom is 0.0991 e. The molecule has 0 bridgehead atoms. The zero-order chi connectivity index (χ0) is 13.0. The van der Waals surface area contributed by atoms with Crippen molar-refractivity contribution < 1.29 is 15.3 Å². The average molecular weight is 255 g/mol. The van der Waals surface area contributed by atoms with Crippen molar-refractivity contribution in [1.29, 1.82) is 0 Å². The first-order valence-corrected chi connectivity index (χ1v) is 6.55. The molecule has 3 heterocycles. The molecule has 102 valence electrons. The molecule has 3 aliphatic rings. The molecular formula is C12H21N3O3. The van der Waals surface area contributed by atoms with Crippen molar-refractivity contribution in [3.05, 3.63) is 0 Å². The molecule has 0 aromatic heterocycles. The average Bonchev–Trinajstić information content (AvgIpc) is 2.54. The number of hydrogen-bond acceptors (Lipinski definition) is 6. The summed E-state index contributed by atoms with van der Waals surface area (Å²) in [6.45, 7) is 3.22. The molecule has 3 aliphatic heterocycles. The van der Waals surface area contributed by atoms with E-state index in [2.05, 4.69) is 5.10 Å². The summed E-state index contributed by atoms with van der Waals surface area (Å²) in [5, 5.41) is 36.4. The van der Waals surface area contributed by atoms with Crippen molar-refractivity contribution in [3.63, 3.8) is 0 Å². The predicted octanol–water partition coefficient (Wildman–Crippen LogP) is -1.54. The van der Waals surface area contributed by atoms with E-state index in [1.54, 1.807) is 0 Å². The van der Waals surface area contributed by atoms with E-state index in [-0.39, 0.29) is 12.1 Å². The Morgan fingerprint density at radius 1 is 1.17 bits per heavy atom. The molecule has 3 rings (SSSR count). The summed E-state index contributed by atoms with van der Waals surface area (Å²) in [4.78, 5) is 2.04. The molecule has 6 heteroatoms. The standard InChI is InChI=1S/C12H21N3O3/c1-6-10-7(4-14(2)13-6)3-8(16)11-12(18)9(17)5-15(10)11/h7-12,16-18H,3-5H2,1-2H3/t7?,8?,9-,10?,11?,12-/m1/s1. The Hall–Kier alpha value is -0.690. The molecule has 2 saturated heterocycles. The lowest BCUT2D eigenvalue weighted by Gasteiger charge is -2.48. The Bertz CT molecular complexity index is 376. The second-order valence-electron chi connectivity index (χ2n) is 5.83. The fraction of sp³-hybridized carbons (Fsp3) is 0.917. The lowest BCUT2D eigenvalue weighted by Crippen LogP contribution is -2.62. The monoisotopic (exact) mass is 255 g/mol. The molecule has 6 atom stereocenters. The van der Waals surface area contributed by atoms with Crippen molar-refractivity contribution in [2.24, 2.45) is 11.0 Å². The van der Waals surface area contributed by atoms with Crippen LogP contribution in [0.25, 0.3) is 0 Å². The number of nitrogens with zero attached hydrogens (tertiary/aromatic N) is 3. The normalized spacial score (nSPS) is 48.7. The van der Waals surface area contributed by atoms with Crippen LogP contribution in [0.3, 0.4) is 0 Å². The summed E-state index contributed by atoms with van der Waals surface area (Å²) >= 11 is 0. The van der Waals surface area contributed by atoms with Crippen LogP contribution in [0.4, 0.5) is 0 Å². The minimum Gasteiger partial charge on any atom is -0.391 e. The van der Waals surface area contributed by atoms with Gasteiger partial charge in [0.15, 0.2) is 0 Å². The van der Waals surface area contributed by atoms with Gasteiger partial charge in [-0.05, 0) is 13.3 Å². The smallest absolute Gasteiger partial charge is 0.0991 e. The van der Waals surface area contributed by atoms with Gasteiger partial charge in [0.1, 0.15) is 0 Å². The number of hydrogen-bond donors (Lipinski definition) is 3. The fourth-order valence-corrected chi connectivity index (χ4v) is 3.93. The van der Waals surface area contributed by atoms with Gasteiger partial charge in [-0.25, -0.2) is 0 Å². The second-order valence-corrected chi connectivity index (χ2v) is 5.83. The molecule has 4 unspecified atom stereocenters. The first-order valence-electron chi connectivity index (χ1n) is 6.55. The van der Waals surface area contributed by atoms with Crippen molar-refractivity contribution >= 4 is 5.71 Å². The van der Waals surface area contributed by atoms with Gasteiger partial charge < -0.3 is 15.3 Å². The molecule has 0 aliphatic carbocycles. The Kier molecular flexibility index (Phi) is 2.85. The Labute approximate surface area is 107 Å². The molecule has 0 aromatic rings. The van der Waals surface area contributed by atoms with Crippen LogP contribution in [0.2, 0.25) is 0 Å². The summed E-state index contributed by atoms with van der Waals surface area (Å²) < 4.78 is 0. The van der Waals surface area contributed by atoms with E-state index in [9.17, 15) is 15.3 Å². The number of piperidine rings is 1. The zero-order valence-corrected chi connectivity index (χ0v) is 10.8. The first-order chi connectivity index (χ1) is 8.49. The topological polar surface area (TPSA) is 79.5 Å². The van der Waals surface area contributed by atoms with E-state index in [1.165, 1.54) is 0 Å². The Morgan fingerprint density at radius 3 is 2.61 bits per heavy atom. The van der Waals surface area contributed by atoms with Crippen LogP contribution in [0.1, 0.15) is 13.3 Å². The minimum atomic E-state index is -0.853. The maximum absolute atomic E-state index is 10.2. The van der Waals surface area contributed by atoms with Crippen molar-refractivity contribution in [2.75, 3.05) is 20.1 Å².